The first kappa shape index (κ1) is 18.2. The minimum Gasteiger partial charge on any atom is -0.423 e. The number of benzene rings is 1. The molecule has 0 aromatic heterocycles. The molecule has 5 heteroatoms. The Hall–Kier alpha value is -0.875. The Labute approximate surface area is 127 Å². The highest BCUT2D eigenvalue weighted by Gasteiger charge is 2.39. The van der Waals surface area contributed by atoms with E-state index in [1.807, 2.05) is 13.8 Å². The molecule has 0 aliphatic carbocycles. The van der Waals surface area contributed by atoms with Crippen LogP contribution in [-0.4, -0.2) is 33.6 Å². The van der Waals surface area contributed by atoms with Gasteiger partial charge in [0.25, 0.3) is 0 Å². The van der Waals surface area contributed by atoms with Crippen molar-refractivity contribution in [1.82, 2.24) is 0 Å². The number of aliphatic hydroxyl groups excluding tert-OH is 1. The summed E-state index contributed by atoms with van der Waals surface area (Å²) in [6.07, 6.45) is -0.523. The summed E-state index contributed by atoms with van der Waals surface area (Å²) >= 11 is 0. The molecule has 0 bridgehead atoms. The summed E-state index contributed by atoms with van der Waals surface area (Å²) in [5.41, 5.74) is -0.584. The summed E-state index contributed by atoms with van der Waals surface area (Å²) in [4.78, 5) is 0. The zero-order chi connectivity index (χ0) is 16.4. The molecule has 4 nitrogen and oxygen atoms in total. The van der Waals surface area contributed by atoms with Crippen LogP contribution in [0, 0.1) is 5.92 Å². The molecule has 1 atom stereocenters. The van der Waals surface area contributed by atoms with Gasteiger partial charge in [-0.05, 0) is 44.6 Å². The first-order valence-electron chi connectivity index (χ1n) is 7.32. The van der Waals surface area contributed by atoms with Crippen LogP contribution in [0.3, 0.4) is 0 Å². The van der Waals surface area contributed by atoms with Crippen LogP contribution in [-0.2, 0) is 4.65 Å². The lowest BCUT2D eigenvalue weighted by atomic mass is 9.76. The van der Waals surface area contributed by atoms with Gasteiger partial charge in [-0.3, -0.25) is 0 Å². The lowest BCUT2D eigenvalue weighted by Gasteiger charge is -2.38. The van der Waals surface area contributed by atoms with Gasteiger partial charge in [-0.15, -0.1) is 0 Å². The van der Waals surface area contributed by atoms with Crippen molar-refractivity contribution in [3.8, 4) is 0 Å². The van der Waals surface area contributed by atoms with Gasteiger partial charge in [-0.1, -0.05) is 38.1 Å². The zero-order valence-electron chi connectivity index (χ0n) is 13.8. The average molecular weight is 294 g/mol. The zero-order valence-corrected chi connectivity index (χ0v) is 13.8. The van der Waals surface area contributed by atoms with Crippen LogP contribution in [0.25, 0.3) is 0 Å². The predicted octanol–water partition coefficient (Wildman–Crippen LogP) is 1.63. The van der Waals surface area contributed by atoms with E-state index in [2.05, 4.69) is 0 Å². The maximum atomic E-state index is 10.2. The van der Waals surface area contributed by atoms with Gasteiger partial charge >= 0.3 is 7.12 Å². The molecule has 1 aromatic rings. The molecule has 0 saturated heterocycles. The van der Waals surface area contributed by atoms with Gasteiger partial charge in [0.2, 0.25) is 0 Å². The summed E-state index contributed by atoms with van der Waals surface area (Å²) < 4.78 is 5.58. The number of rotatable bonds is 6. The fourth-order valence-electron chi connectivity index (χ4n) is 1.73. The molecule has 3 N–H and O–H groups in total. The van der Waals surface area contributed by atoms with E-state index in [4.69, 9.17) is 4.65 Å². The van der Waals surface area contributed by atoms with Gasteiger partial charge in [-0.2, -0.15) is 0 Å². The first-order chi connectivity index (χ1) is 9.45. The highest BCUT2D eigenvalue weighted by atomic mass is 16.5. The van der Waals surface area contributed by atoms with Crippen molar-refractivity contribution in [3.05, 3.63) is 29.8 Å². The maximum absolute atomic E-state index is 10.2. The van der Waals surface area contributed by atoms with Crippen molar-refractivity contribution in [3.63, 3.8) is 0 Å². The van der Waals surface area contributed by atoms with Crippen LogP contribution in [0.4, 0.5) is 0 Å². The highest BCUT2D eigenvalue weighted by Crippen LogP contribution is 2.25. The molecule has 1 rings (SSSR count). The number of hydrogen-bond acceptors (Lipinski definition) is 4. The molecule has 1 aromatic carbocycles. The van der Waals surface area contributed by atoms with Crippen molar-refractivity contribution in [2.75, 3.05) is 0 Å². The molecule has 21 heavy (non-hydrogen) atoms. The topological polar surface area (TPSA) is 69.9 Å². The molecule has 0 radical (unpaired) electrons. The summed E-state index contributed by atoms with van der Waals surface area (Å²) in [7, 11) is -1.13. The normalized spacial score (nSPS) is 14.4. The summed E-state index contributed by atoms with van der Waals surface area (Å²) in [6.45, 7) is 10.6. The molecular formula is C16H27BO4. The van der Waals surface area contributed by atoms with Crippen molar-refractivity contribution in [2.45, 2.75) is 58.8 Å². The second kappa shape index (κ2) is 6.49. The maximum Gasteiger partial charge on any atom is 0.491 e. The molecule has 0 aliphatic rings. The van der Waals surface area contributed by atoms with Gasteiger partial charge < -0.3 is 19.9 Å². The third-order valence-corrected chi connectivity index (χ3v) is 4.07. The molecule has 0 fully saturated rings. The molecular weight excluding hydrogens is 267 g/mol. The predicted molar refractivity (Wildman–Crippen MR) is 85.3 cm³/mol. The van der Waals surface area contributed by atoms with Crippen molar-refractivity contribution < 1.29 is 19.9 Å². The van der Waals surface area contributed by atoms with Gasteiger partial charge in [0.05, 0.1) is 17.3 Å². The van der Waals surface area contributed by atoms with Crippen molar-refractivity contribution >= 4 is 12.6 Å². The van der Waals surface area contributed by atoms with E-state index in [1.165, 1.54) is 0 Å². The van der Waals surface area contributed by atoms with Crippen molar-refractivity contribution in [2.24, 2.45) is 5.92 Å². The monoisotopic (exact) mass is 294 g/mol. The minimum absolute atomic E-state index is 0.131. The van der Waals surface area contributed by atoms with E-state index < -0.39 is 24.4 Å². The Kier molecular flexibility index (Phi) is 5.61. The third kappa shape index (κ3) is 4.55. The fourth-order valence-corrected chi connectivity index (χ4v) is 1.73. The standard InChI is InChI=1S/C16H27BO4/c1-11(2)14(18)12-7-9-13(10-8-12)17(20)21-16(5,6)15(3,4)19/h7-11,14,18-20H,1-6H3. The quantitative estimate of drug-likeness (QED) is 0.697. The van der Waals surface area contributed by atoms with Crippen LogP contribution in [0.15, 0.2) is 24.3 Å². The smallest absolute Gasteiger partial charge is 0.423 e. The molecule has 0 heterocycles. The molecule has 118 valence electrons. The molecule has 0 amide bonds. The van der Waals surface area contributed by atoms with E-state index in [0.717, 1.165) is 5.56 Å². The first-order valence-corrected chi connectivity index (χ1v) is 7.32. The molecule has 0 spiro atoms. The van der Waals surface area contributed by atoms with E-state index in [0.29, 0.717) is 5.46 Å². The van der Waals surface area contributed by atoms with Gasteiger partial charge in [0.15, 0.2) is 0 Å². The summed E-state index contributed by atoms with van der Waals surface area (Å²) in [5.74, 6) is 0.131. The second-order valence-corrected chi connectivity index (χ2v) is 6.90. The van der Waals surface area contributed by atoms with Crippen LogP contribution in [0.1, 0.15) is 53.2 Å². The van der Waals surface area contributed by atoms with E-state index in [-0.39, 0.29) is 5.92 Å². The second-order valence-electron chi connectivity index (χ2n) is 6.90. The molecule has 0 aliphatic heterocycles. The lowest BCUT2D eigenvalue weighted by molar-refractivity contribution is -0.0982. The van der Waals surface area contributed by atoms with Crippen LogP contribution in [0.2, 0.25) is 0 Å². The molecule has 0 saturated carbocycles. The lowest BCUT2D eigenvalue weighted by Crippen LogP contribution is -2.53. The number of aliphatic hydroxyl groups is 2. The Morgan fingerprint density at radius 3 is 1.90 bits per heavy atom. The van der Waals surface area contributed by atoms with E-state index in [1.54, 1.807) is 52.0 Å². The highest BCUT2D eigenvalue weighted by molar-refractivity contribution is 6.60. The van der Waals surface area contributed by atoms with Crippen LogP contribution in [0.5, 0.6) is 0 Å². The Morgan fingerprint density at radius 1 is 1.05 bits per heavy atom. The van der Waals surface area contributed by atoms with Gasteiger partial charge in [-0.25, -0.2) is 0 Å². The Bertz CT molecular complexity index is 448. The minimum atomic E-state index is -1.13. The van der Waals surface area contributed by atoms with E-state index in [9.17, 15) is 15.2 Å². The third-order valence-electron chi connectivity index (χ3n) is 4.07. The van der Waals surface area contributed by atoms with E-state index >= 15 is 0 Å². The molecule has 1 unspecified atom stereocenters. The summed E-state index contributed by atoms with van der Waals surface area (Å²) in [5, 5.41) is 30.2. The average Bonchev–Trinajstić information content (AvgIpc) is 2.36. The largest absolute Gasteiger partial charge is 0.491 e. The summed E-state index contributed by atoms with van der Waals surface area (Å²) in [6, 6.07) is 7.02. The SMILES string of the molecule is CC(C)C(O)c1ccc(B(O)OC(C)(C)C(C)(C)O)cc1. The van der Waals surface area contributed by atoms with Gasteiger partial charge in [0.1, 0.15) is 0 Å². The Balaban J connectivity index is 2.83. The van der Waals surface area contributed by atoms with Crippen LogP contribution < -0.4 is 5.46 Å². The fraction of sp³-hybridized carbons (Fsp3) is 0.625. The van der Waals surface area contributed by atoms with Gasteiger partial charge in [0, 0.05) is 0 Å². The Morgan fingerprint density at radius 2 is 1.52 bits per heavy atom. The van der Waals surface area contributed by atoms with Crippen LogP contribution >= 0.6 is 0 Å². The van der Waals surface area contributed by atoms with Crippen molar-refractivity contribution in [1.29, 1.82) is 0 Å². The number of hydrogen-bond donors (Lipinski definition) is 3.